The number of carbonyl (C=O) groups excluding carboxylic acids is 9. The largest absolute Gasteiger partial charge is 0.494 e. The van der Waals surface area contributed by atoms with Gasteiger partial charge < -0.3 is 54.8 Å². The van der Waals surface area contributed by atoms with Gasteiger partial charge in [-0.1, -0.05) is 196 Å². The van der Waals surface area contributed by atoms with Crippen molar-refractivity contribution in [2.75, 3.05) is 235 Å². The molecule has 0 radical (unpaired) electrons. The van der Waals surface area contributed by atoms with E-state index in [1.807, 2.05) is 130 Å². The van der Waals surface area contributed by atoms with Gasteiger partial charge in [-0.15, -0.1) is 0 Å². The van der Waals surface area contributed by atoms with Gasteiger partial charge in [0.25, 0.3) is 0 Å². The monoisotopic (exact) mass is 1840 g/mol. The predicted molar refractivity (Wildman–Crippen MR) is 543 cm³/mol. The Labute approximate surface area is 797 Å². The number of likely N-dealkylation sites (tertiary alicyclic amines) is 2. The van der Waals surface area contributed by atoms with Crippen molar-refractivity contribution < 1.29 is 52.6 Å². The molecule has 4 aliphatic rings. The number of carbonyl (C=O) groups is 9. The van der Waals surface area contributed by atoms with Crippen LogP contribution in [0.15, 0.2) is 24.3 Å². The molecular weight excluding hydrogens is 1640 g/mol. The van der Waals surface area contributed by atoms with Crippen LogP contribution < -0.4 is 20.7 Å². The van der Waals surface area contributed by atoms with Crippen LogP contribution in [0.2, 0.25) is 0 Å². The molecule has 1 aromatic rings. The molecule has 3 unspecified atom stereocenters. The molecule has 3 aliphatic heterocycles. The van der Waals surface area contributed by atoms with Crippen molar-refractivity contribution in [2.45, 2.75) is 287 Å². The molecule has 0 spiro atoms. The zero-order valence-electron chi connectivity index (χ0n) is 90.5. The average Bonchev–Trinajstić information content (AvgIpc) is 1.70. The number of hydrogen-bond acceptors (Lipinski definition) is 19. The minimum Gasteiger partial charge on any atom is -0.494 e. The lowest BCUT2D eigenvalue weighted by Gasteiger charge is -2.34. The Morgan fingerprint density at radius 2 is 0.869 bits per heavy atom. The first-order chi connectivity index (χ1) is 60.5. The Balaban J connectivity index is -0.00000144. The summed E-state index contributed by atoms with van der Waals surface area (Å²) in [6.45, 7) is 70.9. The standard InChI is InChI=1S/C20H35N3O2.C14H27N3O2.C14H28N2O2.C13H24N2O2.C12H26N2O.C11H22.C10H22N2O.C9H20N2O/c1-17(2)14-22(5)16-20(24)23(6)15-18-8-10-19(11-9-18)25-13-7-12-21(3)4;1-11(2)8-16(4)10-14(19)17-7-5-6-13(9-17)15-12(3)18;1-11(2)7-13(17)9-16(6)14(18)10-15(5)8-12(3)4;1-10(2)6-14(3)9-13(16)15-7-11-4-5-12(8-15)17-11;1-7-14(8-10(2)3)9-11(15)13-12(4,5)6;1-10(2)8-9-11-6-4-3-5-7-11;1-6-12(5)10(13)8-11(4)7-9(2)3;1-5-11(6-8(2)3)7-9(12)10-4/h8-11,17H,7,12-16H2,1-6H3;11,13H,5-10H2,1-4H3,(H,15,18);11-12H,7-10H2,1-6H3;10-12H,4-9H2,1-3H3;10H,7-9H2,1-6H3,(H,13,15);10-11H,3-9H2,1-2H3;9H,6-8H2,1-5H3;8H,5-7H2,1-4H3,(H,10,12). The van der Waals surface area contributed by atoms with Crippen LogP contribution in [0.25, 0.3) is 0 Å². The highest BCUT2D eigenvalue weighted by Gasteiger charge is 2.36. The van der Waals surface area contributed by atoms with E-state index < -0.39 is 0 Å². The molecule has 0 aromatic heterocycles. The number of benzene rings is 1. The Morgan fingerprint density at radius 3 is 1.25 bits per heavy atom. The highest BCUT2D eigenvalue weighted by atomic mass is 16.5. The number of likely N-dealkylation sites (N-methyl/N-ethyl adjacent to an activating group) is 11. The third-order valence-corrected chi connectivity index (χ3v) is 21.7. The number of hydrogen-bond donors (Lipinski definition) is 3. The van der Waals surface area contributed by atoms with Gasteiger partial charge in [-0.2, -0.15) is 0 Å². The lowest BCUT2D eigenvalue weighted by Crippen LogP contribution is -2.51. The summed E-state index contributed by atoms with van der Waals surface area (Å²) in [6.07, 6.45) is 16.8. The fourth-order valence-corrected chi connectivity index (χ4v) is 15.9. The highest BCUT2D eigenvalue weighted by Crippen LogP contribution is 2.29. The summed E-state index contributed by atoms with van der Waals surface area (Å²) in [7, 11) is 21.1. The van der Waals surface area contributed by atoms with E-state index in [9.17, 15) is 43.2 Å². The second kappa shape index (κ2) is 73.4. The molecule has 27 heteroatoms. The van der Waals surface area contributed by atoms with Crippen molar-refractivity contribution in [1.29, 1.82) is 0 Å². The van der Waals surface area contributed by atoms with Gasteiger partial charge in [-0.3, -0.25) is 77.5 Å². The molecule has 3 N–H and O–H groups in total. The second-order valence-corrected chi connectivity index (χ2v) is 42.7. The van der Waals surface area contributed by atoms with Crippen LogP contribution in [0.3, 0.4) is 0 Å². The Kier molecular flexibility index (Phi) is 72.4. The van der Waals surface area contributed by atoms with Gasteiger partial charge in [0.05, 0.1) is 71.2 Å². The van der Waals surface area contributed by atoms with Crippen molar-refractivity contribution in [3.05, 3.63) is 29.8 Å². The van der Waals surface area contributed by atoms with E-state index in [0.29, 0.717) is 125 Å². The van der Waals surface area contributed by atoms with E-state index in [1.54, 1.807) is 23.9 Å². The molecule has 5 rings (SSSR count). The van der Waals surface area contributed by atoms with Crippen molar-refractivity contribution in [2.24, 2.45) is 59.2 Å². The summed E-state index contributed by atoms with van der Waals surface area (Å²) in [5, 5.41) is 8.50. The maximum Gasteiger partial charge on any atom is 0.236 e. The molecule has 27 nitrogen and oxygen atoms in total. The number of ether oxygens (including phenoxy) is 2. The molecule has 1 aliphatic carbocycles. The van der Waals surface area contributed by atoms with Crippen molar-refractivity contribution in [1.82, 2.24) is 79.6 Å². The normalized spacial score (nSPS) is 15.7. The molecule has 3 atom stereocenters. The van der Waals surface area contributed by atoms with Crippen LogP contribution in [-0.2, 0) is 54.4 Å². The van der Waals surface area contributed by atoms with Crippen LogP contribution in [-0.4, -0.2) is 375 Å². The van der Waals surface area contributed by atoms with E-state index >= 15 is 0 Å². The molecule has 762 valence electrons. The molecule has 3 heterocycles. The van der Waals surface area contributed by atoms with E-state index in [1.165, 1.54) is 56.8 Å². The summed E-state index contributed by atoms with van der Waals surface area (Å²) < 4.78 is 11.5. The summed E-state index contributed by atoms with van der Waals surface area (Å²) in [4.78, 5) is 131. The number of fused-ring (bicyclic) bond motifs is 2. The van der Waals surface area contributed by atoms with Crippen LogP contribution in [0.4, 0.5) is 0 Å². The zero-order chi connectivity index (χ0) is 100. The third kappa shape index (κ3) is 73.5. The van der Waals surface area contributed by atoms with Crippen LogP contribution >= 0.6 is 0 Å². The quantitative estimate of drug-likeness (QED) is 0.0513. The Hall–Kier alpha value is -5.91. The van der Waals surface area contributed by atoms with E-state index in [0.717, 1.165) is 153 Å². The number of amides is 8. The number of rotatable bonds is 46. The van der Waals surface area contributed by atoms with Crippen molar-refractivity contribution in [3.8, 4) is 5.75 Å². The van der Waals surface area contributed by atoms with Crippen LogP contribution in [0.5, 0.6) is 5.75 Å². The first-order valence-corrected chi connectivity index (χ1v) is 50.0. The molecule has 130 heavy (non-hydrogen) atoms. The number of piperidine rings is 1. The zero-order valence-corrected chi connectivity index (χ0v) is 90.5. The fourth-order valence-electron chi connectivity index (χ4n) is 15.9. The molecule has 4 fully saturated rings. The number of nitrogens with zero attached hydrogens (tertiary/aromatic N) is 13. The summed E-state index contributed by atoms with van der Waals surface area (Å²) >= 11 is 0. The molecule has 1 saturated carbocycles. The van der Waals surface area contributed by atoms with Crippen LogP contribution in [0.1, 0.15) is 262 Å². The Bertz CT molecular complexity index is 3110. The predicted octanol–water partition coefficient (Wildman–Crippen LogP) is 13.5. The van der Waals surface area contributed by atoms with Gasteiger partial charge in [0.15, 0.2) is 5.78 Å². The molecule has 3 saturated heterocycles. The van der Waals surface area contributed by atoms with Gasteiger partial charge >= 0.3 is 0 Å². The van der Waals surface area contributed by atoms with E-state index in [-0.39, 0.29) is 71.2 Å². The minimum atomic E-state index is -0.131. The first kappa shape index (κ1) is 128. The number of morpholine rings is 1. The van der Waals surface area contributed by atoms with Gasteiger partial charge in [0.2, 0.25) is 47.3 Å². The topological polar surface area (TPSA) is 250 Å². The fraction of sp³-hybridized carbons (Fsp3) is 0.854. The van der Waals surface area contributed by atoms with Crippen LogP contribution in [0, 0.1) is 59.2 Å². The van der Waals surface area contributed by atoms with Gasteiger partial charge in [-0.05, 0) is 199 Å². The molecule has 2 bridgehead atoms. The molecule has 1 aromatic carbocycles. The summed E-state index contributed by atoms with van der Waals surface area (Å²) in [5.41, 5.74) is 0.983. The molecule has 8 amide bonds. The SMILES string of the molecule is CC(=O)NC1CCCN(C(=O)CN(C)CC(C)C)C1.CC(C)CC(=O)CN(C)C(=O)CN(C)CC(C)C.CC(C)CCC1CCCCC1.CC(C)CN(C)CC(=O)N(C)Cc1ccc(OCCCN(C)C)cc1.CC(C)CN(C)CC(=O)N1CC2CCC(C1)O2.CCN(C)C(=O)CN(C)CC(C)C.CCN(CC(=O)NC(C)(C)C)CC(C)C.CCN(CC(=O)NC)CC(C)C. The van der Waals surface area contributed by atoms with Crippen molar-refractivity contribution >= 4 is 53.0 Å². The van der Waals surface area contributed by atoms with Gasteiger partial charge in [-0.25, -0.2) is 0 Å². The minimum absolute atomic E-state index is 0.00950. The number of Topliss-reactive ketones (excluding diaryl/α,β-unsaturated/α-hetero) is 1. The maximum atomic E-state index is 12.3. The molecular formula is C103H204N16O11. The highest BCUT2D eigenvalue weighted by molar-refractivity contribution is 5.87. The van der Waals surface area contributed by atoms with Gasteiger partial charge in [0.1, 0.15) is 5.75 Å². The smallest absolute Gasteiger partial charge is 0.236 e. The van der Waals surface area contributed by atoms with Gasteiger partial charge in [0, 0.05) is 145 Å². The third-order valence-electron chi connectivity index (χ3n) is 21.7. The maximum absolute atomic E-state index is 12.3. The lowest BCUT2D eigenvalue weighted by atomic mass is 9.85. The Morgan fingerprint density at radius 1 is 0.454 bits per heavy atom. The number of ketones is 1. The van der Waals surface area contributed by atoms with E-state index in [2.05, 4.69) is 189 Å². The van der Waals surface area contributed by atoms with E-state index in [4.69, 9.17) is 9.47 Å². The summed E-state index contributed by atoms with van der Waals surface area (Å²) in [6, 6.07) is 8.14. The summed E-state index contributed by atoms with van der Waals surface area (Å²) in [5.74, 6) is 8.45. The average molecular weight is 1840 g/mol. The number of nitrogens with one attached hydrogen (secondary N) is 3. The van der Waals surface area contributed by atoms with Crippen molar-refractivity contribution in [3.63, 3.8) is 0 Å². The lowest BCUT2D eigenvalue weighted by molar-refractivity contribution is -0.141. The first-order valence-electron chi connectivity index (χ1n) is 50.0. The second-order valence-electron chi connectivity index (χ2n) is 42.7.